The van der Waals surface area contributed by atoms with Crippen molar-refractivity contribution in [2.45, 2.75) is 12.7 Å². The monoisotopic (exact) mass is 369 g/mol. The Labute approximate surface area is 136 Å². The van der Waals surface area contributed by atoms with Gasteiger partial charge >= 0.3 is 11.9 Å². The Morgan fingerprint density at radius 2 is 1.78 bits per heavy atom. The maximum absolute atomic E-state index is 12.7. The summed E-state index contributed by atoms with van der Waals surface area (Å²) < 4.78 is 38.3. The lowest BCUT2D eigenvalue weighted by Gasteiger charge is -2.14. The molecule has 1 aromatic carbocycles. The highest BCUT2D eigenvalue weighted by atomic mass is 35.5. The molecule has 0 fully saturated rings. The molecule has 0 atom stereocenters. The molecule has 23 heavy (non-hydrogen) atoms. The van der Waals surface area contributed by atoms with Crippen LogP contribution in [-0.4, -0.2) is 14.3 Å². The molecular weight excluding hydrogens is 362 g/mol. The van der Waals surface area contributed by atoms with Crippen LogP contribution >= 0.6 is 23.2 Å². The SMILES string of the molecule is Nn1c(C(F)(F)F)cc(=O)n(Cc2ccc(O)c(Cl)c2Cl)c1=O. The fraction of sp³-hybridized carbons (Fsp3) is 0.167. The Bertz CT molecular complexity index is 890. The van der Waals surface area contributed by atoms with Crippen molar-refractivity contribution >= 4 is 23.2 Å². The highest BCUT2D eigenvalue weighted by Crippen LogP contribution is 2.33. The van der Waals surface area contributed by atoms with E-state index >= 15 is 0 Å². The molecule has 11 heteroatoms. The molecule has 0 saturated heterocycles. The number of halogens is 5. The minimum Gasteiger partial charge on any atom is -0.506 e. The van der Waals surface area contributed by atoms with Gasteiger partial charge in [-0.05, 0) is 11.6 Å². The molecule has 2 rings (SSSR count). The number of phenolic OH excluding ortho intramolecular Hbond substituents is 1. The summed E-state index contributed by atoms with van der Waals surface area (Å²) in [6.45, 7) is -0.466. The molecule has 1 aromatic heterocycles. The van der Waals surface area contributed by atoms with E-state index in [0.717, 1.165) is 0 Å². The van der Waals surface area contributed by atoms with Crippen molar-refractivity contribution in [3.63, 3.8) is 0 Å². The van der Waals surface area contributed by atoms with Crippen LogP contribution in [-0.2, 0) is 12.7 Å². The molecule has 6 nitrogen and oxygen atoms in total. The van der Waals surface area contributed by atoms with Gasteiger partial charge in [-0.15, -0.1) is 0 Å². The number of nitrogens with zero attached hydrogens (tertiary/aromatic N) is 2. The summed E-state index contributed by atoms with van der Waals surface area (Å²) in [6.07, 6.45) is -4.95. The number of aromatic nitrogens is 2. The maximum atomic E-state index is 12.7. The van der Waals surface area contributed by atoms with Gasteiger partial charge in [0.25, 0.3) is 5.56 Å². The van der Waals surface area contributed by atoms with E-state index in [9.17, 15) is 27.9 Å². The molecule has 2 aromatic rings. The summed E-state index contributed by atoms with van der Waals surface area (Å²) in [5, 5.41) is 9.03. The minimum atomic E-state index is -4.95. The summed E-state index contributed by atoms with van der Waals surface area (Å²) in [5.41, 5.74) is -4.00. The maximum Gasteiger partial charge on any atom is 0.433 e. The average Bonchev–Trinajstić information content (AvgIpc) is 2.46. The number of aromatic hydroxyl groups is 1. The number of nitrogens with two attached hydrogens (primary N) is 1. The number of nitrogen functional groups attached to an aromatic ring is 1. The molecule has 124 valence electrons. The molecule has 0 saturated carbocycles. The zero-order valence-electron chi connectivity index (χ0n) is 11.1. The van der Waals surface area contributed by atoms with E-state index in [-0.39, 0.29) is 32.1 Å². The van der Waals surface area contributed by atoms with Crippen molar-refractivity contribution in [1.29, 1.82) is 0 Å². The smallest absolute Gasteiger partial charge is 0.433 e. The molecule has 0 amide bonds. The molecule has 0 aliphatic heterocycles. The first kappa shape index (κ1) is 17.2. The Hall–Kier alpha value is -2.13. The van der Waals surface area contributed by atoms with Crippen molar-refractivity contribution in [3.8, 4) is 5.75 Å². The van der Waals surface area contributed by atoms with Gasteiger partial charge in [0.1, 0.15) is 10.8 Å². The van der Waals surface area contributed by atoms with E-state index in [2.05, 4.69) is 0 Å². The lowest BCUT2D eigenvalue weighted by molar-refractivity contribution is -0.143. The van der Waals surface area contributed by atoms with Crippen LogP contribution < -0.4 is 17.1 Å². The molecule has 3 N–H and O–H groups in total. The fourth-order valence-corrected chi connectivity index (χ4v) is 2.23. The number of hydrogen-bond donors (Lipinski definition) is 2. The first-order valence-electron chi connectivity index (χ1n) is 5.89. The fourth-order valence-electron chi connectivity index (χ4n) is 1.83. The van der Waals surface area contributed by atoms with E-state index in [1.165, 1.54) is 12.1 Å². The number of hydrogen-bond acceptors (Lipinski definition) is 4. The van der Waals surface area contributed by atoms with Crippen molar-refractivity contribution in [1.82, 2.24) is 9.24 Å². The number of benzene rings is 1. The molecule has 0 spiro atoms. The first-order chi connectivity index (χ1) is 10.5. The zero-order chi connectivity index (χ0) is 17.5. The van der Waals surface area contributed by atoms with Crippen molar-refractivity contribution < 1.29 is 18.3 Å². The summed E-state index contributed by atoms with van der Waals surface area (Å²) in [6, 6.07) is 2.64. The Morgan fingerprint density at radius 3 is 2.35 bits per heavy atom. The van der Waals surface area contributed by atoms with Gasteiger partial charge in [0.05, 0.1) is 11.6 Å². The predicted octanol–water partition coefficient (Wildman–Crippen LogP) is 1.80. The topological polar surface area (TPSA) is 90.2 Å². The average molecular weight is 370 g/mol. The standard InChI is InChI=1S/C12H8Cl2F3N3O3/c13-9-5(1-2-6(21)10(9)14)4-19-8(22)3-7(12(15,16)17)20(18)11(19)23/h1-3,21H,4,18H2. The van der Waals surface area contributed by atoms with Gasteiger partial charge in [0.15, 0.2) is 5.69 Å². The molecule has 1 heterocycles. The van der Waals surface area contributed by atoms with E-state index < -0.39 is 29.7 Å². The first-order valence-corrected chi connectivity index (χ1v) is 6.64. The Balaban J connectivity index is 2.59. The summed E-state index contributed by atoms with van der Waals surface area (Å²) >= 11 is 11.6. The van der Waals surface area contributed by atoms with Crippen molar-refractivity contribution in [2.75, 3.05) is 5.84 Å². The van der Waals surface area contributed by atoms with Crippen LogP contribution in [0.4, 0.5) is 13.2 Å². The van der Waals surface area contributed by atoms with E-state index in [1.54, 1.807) is 0 Å². The largest absolute Gasteiger partial charge is 0.506 e. The molecule has 0 radical (unpaired) electrons. The van der Waals surface area contributed by atoms with Crippen LogP contribution in [0.25, 0.3) is 0 Å². The minimum absolute atomic E-state index is 0.138. The highest BCUT2D eigenvalue weighted by Gasteiger charge is 2.35. The molecule has 0 unspecified atom stereocenters. The molecule has 0 bridgehead atoms. The normalized spacial score (nSPS) is 11.7. The predicted molar refractivity (Wildman–Crippen MR) is 77.3 cm³/mol. The quantitative estimate of drug-likeness (QED) is 0.789. The summed E-state index contributed by atoms with van der Waals surface area (Å²) in [4.78, 5) is 23.7. The van der Waals surface area contributed by atoms with Gasteiger partial charge in [-0.2, -0.15) is 13.2 Å². The Kier molecular flexibility index (Phi) is 4.36. The van der Waals surface area contributed by atoms with Crippen LogP contribution in [0.1, 0.15) is 11.3 Å². The van der Waals surface area contributed by atoms with Crippen LogP contribution in [0.15, 0.2) is 27.8 Å². The molecular formula is C12H8Cl2F3N3O3. The van der Waals surface area contributed by atoms with Crippen molar-refractivity contribution in [3.05, 3.63) is 60.3 Å². The third-order valence-electron chi connectivity index (χ3n) is 2.98. The number of alkyl halides is 3. The number of rotatable bonds is 2. The second-order valence-corrected chi connectivity index (χ2v) is 5.23. The summed E-state index contributed by atoms with van der Waals surface area (Å²) in [7, 11) is 0. The third-order valence-corrected chi connectivity index (χ3v) is 3.89. The van der Waals surface area contributed by atoms with Gasteiger partial charge < -0.3 is 10.9 Å². The van der Waals surface area contributed by atoms with Crippen molar-refractivity contribution in [2.24, 2.45) is 0 Å². The van der Waals surface area contributed by atoms with Crippen LogP contribution in [0, 0.1) is 0 Å². The highest BCUT2D eigenvalue weighted by molar-refractivity contribution is 6.43. The third kappa shape index (κ3) is 3.15. The van der Waals surface area contributed by atoms with E-state index in [0.29, 0.717) is 4.57 Å². The van der Waals surface area contributed by atoms with Gasteiger partial charge in [-0.3, -0.25) is 9.36 Å². The van der Waals surface area contributed by atoms with Crippen LogP contribution in [0.2, 0.25) is 10.0 Å². The van der Waals surface area contributed by atoms with Crippen LogP contribution in [0.5, 0.6) is 5.75 Å². The van der Waals surface area contributed by atoms with Gasteiger partial charge in [0.2, 0.25) is 0 Å². The lowest BCUT2D eigenvalue weighted by Crippen LogP contribution is -2.46. The van der Waals surface area contributed by atoms with Gasteiger partial charge in [0, 0.05) is 6.07 Å². The second kappa shape index (κ2) is 5.82. The zero-order valence-corrected chi connectivity index (χ0v) is 12.6. The van der Waals surface area contributed by atoms with Gasteiger partial charge in [-0.25, -0.2) is 9.47 Å². The molecule has 0 aliphatic carbocycles. The Morgan fingerprint density at radius 1 is 1.17 bits per heavy atom. The molecule has 0 aliphatic rings. The second-order valence-electron chi connectivity index (χ2n) is 4.48. The summed E-state index contributed by atoms with van der Waals surface area (Å²) in [5.74, 6) is 4.79. The van der Waals surface area contributed by atoms with Crippen LogP contribution in [0.3, 0.4) is 0 Å². The number of phenols is 1. The van der Waals surface area contributed by atoms with Gasteiger partial charge in [-0.1, -0.05) is 29.3 Å². The van der Waals surface area contributed by atoms with E-state index in [1.807, 2.05) is 0 Å². The lowest BCUT2D eigenvalue weighted by atomic mass is 10.2. The van der Waals surface area contributed by atoms with E-state index in [4.69, 9.17) is 29.0 Å².